The zero-order valence-corrected chi connectivity index (χ0v) is 89.8. The number of hydrogen-bond acceptors (Lipinski definition) is 31. The smallest absolute Gasteiger partial charge is 0.257 e. The molecule has 0 radical (unpaired) electrons. The third-order valence-electron chi connectivity index (χ3n) is 25.3. The SMILES string of the molecule is CC(C)N1CCN(C(=O)c2cnn(-c3nccc(-c4cccs4)n3)c2C2CC2)CC1.CCN(CCN(C)C)C(=O)c1cnn(-c2ncc(C)c(-c3cccs3)n2)c1COC.CCN1CCN(C(=O)c2cnn(-c3ncc(C)c(-c4cccs4)n3)c2C2CC2)CC1.COCCN(C(=O)c1cnn(-c2nccc(-c3cccs3)n2)c1C)C(C)C.Cc1c(C(=O)NCC(C)(C)CN(C)C)cnn1-c1nccc(-c2cccs2)n1. The molecule has 0 bridgehead atoms. The van der Waals surface area contributed by atoms with Gasteiger partial charge in [-0.15, -0.1) is 56.7 Å². The molecule has 145 heavy (non-hydrogen) atoms. The van der Waals surface area contributed by atoms with Gasteiger partial charge in [0, 0.05) is 161 Å². The molecule has 762 valence electrons. The van der Waals surface area contributed by atoms with Crippen molar-refractivity contribution in [3.8, 4) is 82.6 Å². The average Bonchev–Trinajstić information content (AvgIpc) is 1.61. The van der Waals surface area contributed by atoms with Gasteiger partial charge in [-0.25, -0.2) is 68.6 Å². The minimum atomic E-state index is -0.134. The Morgan fingerprint density at radius 1 is 0.455 bits per heavy atom. The molecule has 41 heteroatoms. The highest BCUT2D eigenvalue weighted by Crippen LogP contribution is 2.45. The molecule has 2 aliphatic heterocycles. The number of hydrogen-bond donors (Lipinski definition) is 1. The fourth-order valence-electron chi connectivity index (χ4n) is 17.2. The third kappa shape index (κ3) is 26.3. The zero-order valence-electron chi connectivity index (χ0n) is 85.7. The van der Waals surface area contributed by atoms with Crippen LogP contribution in [-0.2, 0) is 16.1 Å². The number of aryl methyl sites for hydroxylation is 2. The Morgan fingerprint density at radius 2 is 0.869 bits per heavy atom. The molecule has 1 N–H and O–H groups in total. The summed E-state index contributed by atoms with van der Waals surface area (Å²) in [4.78, 5) is 133. The first-order valence-electron chi connectivity index (χ1n) is 48.9. The van der Waals surface area contributed by atoms with Crippen molar-refractivity contribution in [1.82, 2.24) is 143 Å². The van der Waals surface area contributed by atoms with E-state index in [1.165, 1.54) is 0 Å². The fourth-order valence-corrected chi connectivity index (χ4v) is 20.8. The second kappa shape index (κ2) is 49.3. The number of likely N-dealkylation sites (N-methyl/N-ethyl adjacent to an activating group) is 3. The number of rotatable bonds is 33. The van der Waals surface area contributed by atoms with Crippen molar-refractivity contribution in [1.29, 1.82) is 0 Å². The maximum absolute atomic E-state index is 13.3. The number of ether oxygens (including phenoxy) is 2. The van der Waals surface area contributed by atoms with Crippen LogP contribution in [0.5, 0.6) is 0 Å². The highest BCUT2D eigenvalue weighted by atomic mass is 32.1. The number of nitrogens with one attached hydrogen (secondary N) is 1. The number of carbonyl (C=O) groups is 5. The maximum Gasteiger partial charge on any atom is 0.257 e. The second-order valence-corrected chi connectivity index (χ2v) is 42.5. The summed E-state index contributed by atoms with van der Waals surface area (Å²) in [5.74, 6) is 3.02. The summed E-state index contributed by atoms with van der Waals surface area (Å²) < 4.78 is 18.9. The molecule has 2 saturated carbocycles. The summed E-state index contributed by atoms with van der Waals surface area (Å²) >= 11 is 8.17. The summed E-state index contributed by atoms with van der Waals surface area (Å²) in [7, 11) is 11.3. The minimum absolute atomic E-state index is 0.0266. The van der Waals surface area contributed by atoms with E-state index in [0.717, 1.165) is 173 Å². The standard InChI is InChI=1S/2C22H26N6OS.C21H28N6O2S.C20H26N6OS.C19H23N5O2S/c1-15(2)26-9-11-27(12-10-26)21(29)17-14-24-28(20(17)16-5-6-16)22-23-8-7-18(25-22)19-4-3-13-30-19;1-3-26-8-10-27(11-9-26)21(29)17-14-24-28(20(17)16-6-7-16)22-23-13-15(2)19(25-22)18-5-4-12-30-18;1-6-26(10-9-25(3)4)20(28)16-13-23-27(17(16)14-29-5)21-22-12-15(2)19(24-21)18-8-7-11-30-18;1-14-15(18(27)22-12-20(2,3)13-25(4)5)11-23-26(14)19-21-9-8-16(24-19)17-7-6-10-28-17;1-13(2)23(9-10-26-4)18(25)15-12-21-24(14(15)3)19-20-8-7-16(22-19)17-6-5-11-27-17/h3-4,7-8,13-16H,5-6,9-12H2,1-2H3;4-5,12-14,16H,3,6-11H2,1-2H3;7-8,11-13H,6,9-10,14H2,1-5H3;6-11H,12-13H2,1-5H3,(H,22,27);5-8,11-13H,9-10H2,1-4H3. The number of carbonyl (C=O) groups excluding carboxylic acids is 5. The molecule has 0 atom stereocenters. The lowest BCUT2D eigenvalue weighted by Crippen LogP contribution is -2.50. The van der Waals surface area contributed by atoms with E-state index in [2.05, 4.69) is 131 Å². The van der Waals surface area contributed by atoms with Gasteiger partial charge in [0.2, 0.25) is 0 Å². The van der Waals surface area contributed by atoms with Gasteiger partial charge < -0.3 is 49.1 Å². The van der Waals surface area contributed by atoms with E-state index in [4.69, 9.17) is 24.4 Å². The fraction of sp³-hybridized carbons (Fsp3) is 0.423. The van der Waals surface area contributed by atoms with Crippen LogP contribution in [0, 0.1) is 33.1 Å². The predicted octanol–water partition coefficient (Wildman–Crippen LogP) is 15.9. The van der Waals surface area contributed by atoms with Gasteiger partial charge in [0.15, 0.2) is 0 Å². The Kier molecular flexibility index (Phi) is 36.2. The number of amides is 5. The largest absolute Gasteiger partial charge is 0.383 e. The molecule has 19 rings (SSSR count). The highest BCUT2D eigenvalue weighted by Gasteiger charge is 2.39. The lowest BCUT2D eigenvalue weighted by atomic mass is 9.93. The Bertz CT molecular complexity index is 6780. The highest BCUT2D eigenvalue weighted by molar-refractivity contribution is 7.14. The molecule has 2 aliphatic carbocycles. The Morgan fingerprint density at radius 3 is 1.28 bits per heavy atom. The first-order chi connectivity index (χ1) is 70.0. The van der Waals surface area contributed by atoms with Gasteiger partial charge >= 0.3 is 0 Å². The Labute approximate surface area is 866 Å². The van der Waals surface area contributed by atoms with Crippen molar-refractivity contribution >= 4 is 86.2 Å². The lowest BCUT2D eigenvalue weighted by molar-refractivity contribution is 0.0592. The monoisotopic (exact) mass is 2060 g/mol. The number of methoxy groups -OCH3 is 2. The summed E-state index contributed by atoms with van der Waals surface area (Å²) in [5.41, 5.74) is 13.4. The lowest BCUT2D eigenvalue weighted by Gasteiger charge is -2.36. The van der Waals surface area contributed by atoms with E-state index in [-0.39, 0.29) is 47.6 Å². The molecule has 0 spiro atoms. The van der Waals surface area contributed by atoms with Crippen LogP contribution >= 0.6 is 56.7 Å². The number of aromatic nitrogens is 20. The van der Waals surface area contributed by atoms with Crippen LogP contribution in [0.25, 0.3) is 82.6 Å². The van der Waals surface area contributed by atoms with Crippen LogP contribution < -0.4 is 5.32 Å². The van der Waals surface area contributed by atoms with Crippen molar-refractivity contribution in [2.75, 3.05) is 147 Å². The van der Waals surface area contributed by atoms with Crippen LogP contribution in [-0.4, -0.2) is 327 Å². The first-order valence-corrected chi connectivity index (χ1v) is 53.3. The molecule has 0 unspecified atom stereocenters. The molecule has 4 fully saturated rings. The van der Waals surface area contributed by atoms with E-state index < -0.39 is 0 Å². The predicted molar refractivity (Wildman–Crippen MR) is 569 cm³/mol. The molecule has 36 nitrogen and oxygen atoms in total. The third-order valence-corrected chi connectivity index (χ3v) is 29.7. The van der Waals surface area contributed by atoms with Gasteiger partial charge in [-0.05, 0) is 215 Å². The molecular formula is C104H129N29O7S5. The van der Waals surface area contributed by atoms with E-state index in [9.17, 15) is 24.0 Å². The molecule has 17 heterocycles. The van der Waals surface area contributed by atoms with Gasteiger partial charge in [-0.3, -0.25) is 28.9 Å². The van der Waals surface area contributed by atoms with Crippen LogP contribution in [0.2, 0.25) is 0 Å². The molecule has 15 aromatic heterocycles. The van der Waals surface area contributed by atoms with Crippen LogP contribution in [0.3, 0.4) is 0 Å². The topological polar surface area (TPSA) is 360 Å². The Hall–Kier alpha value is -12.9. The van der Waals surface area contributed by atoms with E-state index in [1.54, 1.807) is 155 Å². The Balaban J connectivity index is 0.000000136. The second-order valence-electron chi connectivity index (χ2n) is 37.7. The van der Waals surface area contributed by atoms with Gasteiger partial charge in [-0.2, -0.15) is 30.2 Å². The van der Waals surface area contributed by atoms with Gasteiger partial charge in [-0.1, -0.05) is 51.1 Å². The average molecular weight is 2060 g/mol. The maximum atomic E-state index is 13.3. The number of thiophene rings is 5. The molecular weight excluding hydrogens is 1930 g/mol. The van der Waals surface area contributed by atoms with Crippen molar-refractivity contribution in [2.45, 2.75) is 139 Å². The van der Waals surface area contributed by atoms with Crippen LogP contribution in [0.1, 0.15) is 184 Å². The molecule has 15 aromatic rings. The summed E-state index contributed by atoms with van der Waals surface area (Å²) in [5, 5.41) is 35.5. The first kappa shape index (κ1) is 106. The van der Waals surface area contributed by atoms with Crippen molar-refractivity contribution < 1.29 is 33.4 Å². The molecule has 4 aliphatic rings. The normalized spacial score (nSPS) is 13.9. The van der Waals surface area contributed by atoms with E-state index in [1.807, 2.05) is 192 Å². The molecule has 5 amide bonds. The molecule has 0 aromatic carbocycles. The summed E-state index contributed by atoms with van der Waals surface area (Å²) in [6.07, 6.45) is 21.3. The van der Waals surface area contributed by atoms with Gasteiger partial charge in [0.05, 0.1) is 153 Å². The van der Waals surface area contributed by atoms with Crippen molar-refractivity contribution in [3.05, 3.63) is 235 Å². The van der Waals surface area contributed by atoms with Crippen LogP contribution in [0.4, 0.5) is 0 Å². The number of nitrogens with zero attached hydrogens (tertiary/aromatic N) is 28. The van der Waals surface area contributed by atoms with Gasteiger partial charge in [0.1, 0.15) is 0 Å². The van der Waals surface area contributed by atoms with E-state index >= 15 is 0 Å². The van der Waals surface area contributed by atoms with Crippen molar-refractivity contribution in [2.24, 2.45) is 5.41 Å². The molecule has 2 saturated heterocycles. The quantitative estimate of drug-likeness (QED) is 0.0399. The van der Waals surface area contributed by atoms with E-state index in [0.29, 0.717) is 125 Å². The summed E-state index contributed by atoms with van der Waals surface area (Å²) in [6.45, 7) is 37.1. The number of piperazine rings is 2. The van der Waals surface area contributed by atoms with Crippen LogP contribution in [0.15, 0.2) is 168 Å². The summed E-state index contributed by atoms with van der Waals surface area (Å²) in [6, 6.07) is 26.4. The van der Waals surface area contributed by atoms with Crippen molar-refractivity contribution in [3.63, 3.8) is 0 Å². The minimum Gasteiger partial charge on any atom is -0.383 e. The zero-order chi connectivity index (χ0) is 103. The van der Waals surface area contributed by atoms with Gasteiger partial charge in [0.25, 0.3) is 59.3 Å².